The minimum atomic E-state index is -4.76. The molecule has 0 heterocycles. The van der Waals surface area contributed by atoms with E-state index in [4.69, 9.17) is 22.1 Å². The lowest BCUT2D eigenvalue weighted by Crippen LogP contribution is -2.26. The monoisotopic (exact) mass is 493 g/mol. The van der Waals surface area contributed by atoms with E-state index < -0.39 is 45.4 Å². The molecule has 0 bridgehead atoms. The molecule has 0 radical (unpaired) electrons. The minimum absolute atomic E-state index is 0.179. The van der Waals surface area contributed by atoms with Gasteiger partial charge in [-0.1, -0.05) is 41.9 Å². The molecule has 0 unspecified atom stereocenters. The average Bonchev–Trinajstić information content (AvgIpc) is 2.78. The van der Waals surface area contributed by atoms with Crippen LogP contribution in [0.25, 0.3) is 0 Å². The van der Waals surface area contributed by atoms with Crippen molar-refractivity contribution in [2.45, 2.75) is 12.3 Å². The van der Waals surface area contributed by atoms with Gasteiger partial charge in [-0.2, -0.15) is 13.2 Å². The maximum Gasteiger partial charge on any atom is 0.417 e. The number of hydrogen-bond acceptors (Lipinski definition) is 6. The number of ether oxygens (including phenoxy) is 1. The fourth-order valence-corrected chi connectivity index (χ4v) is 3.16. The Balaban J connectivity index is 1.91. The predicted octanol–water partition coefficient (Wildman–Crippen LogP) is 5.39. The Hall–Kier alpha value is -4.12. The van der Waals surface area contributed by atoms with Crippen molar-refractivity contribution in [2.24, 2.45) is 0 Å². The van der Waals surface area contributed by atoms with Crippen LogP contribution >= 0.6 is 11.6 Å². The van der Waals surface area contributed by atoms with Gasteiger partial charge >= 0.3 is 12.1 Å². The molecule has 0 aliphatic carbocycles. The van der Waals surface area contributed by atoms with Gasteiger partial charge in [0, 0.05) is 17.3 Å². The highest BCUT2D eigenvalue weighted by molar-refractivity contribution is 6.31. The van der Waals surface area contributed by atoms with Gasteiger partial charge in [0.25, 0.3) is 11.6 Å². The van der Waals surface area contributed by atoms with E-state index in [1.807, 2.05) is 0 Å². The number of nitrogens with one attached hydrogen (secondary N) is 1. The molecule has 0 aliphatic heterocycles. The van der Waals surface area contributed by atoms with Crippen LogP contribution in [0.1, 0.15) is 27.6 Å². The quantitative estimate of drug-likeness (QED) is 0.205. The van der Waals surface area contributed by atoms with Crippen molar-refractivity contribution in [2.75, 3.05) is 11.1 Å². The molecule has 8 nitrogen and oxygen atoms in total. The Labute approximate surface area is 195 Å². The first-order chi connectivity index (χ1) is 16.0. The van der Waals surface area contributed by atoms with E-state index in [1.165, 1.54) is 18.2 Å². The number of nitrogen functional groups attached to an aromatic ring is 1. The Morgan fingerprint density at radius 2 is 1.74 bits per heavy atom. The van der Waals surface area contributed by atoms with Crippen LogP contribution in [-0.2, 0) is 15.7 Å². The molecule has 34 heavy (non-hydrogen) atoms. The van der Waals surface area contributed by atoms with E-state index in [1.54, 1.807) is 18.2 Å². The van der Waals surface area contributed by atoms with Gasteiger partial charge < -0.3 is 15.8 Å². The van der Waals surface area contributed by atoms with E-state index >= 15 is 0 Å². The molecule has 0 spiro atoms. The zero-order valence-electron chi connectivity index (χ0n) is 17.0. The van der Waals surface area contributed by atoms with E-state index in [9.17, 15) is 32.9 Å². The summed E-state index contributed by atoms with van der Waals surface area (Å²) < 4.78 is 44.7. The van der Waals surface area contributed by atoms with Crippen LogP contribution in [0.3, 0.4) is 0 Å². The first-order valence-electron chi connectivity index (χ1n) is 9.45. The van der Waals surface area contributed by atoms with Crippen molar-refractivity contribution in [3.63, 3.8) is 0 Å². The molecule has 3 rings (SSSR count). The van der Waals surface area contributed by atoms with E-state index in [0.717, 1.165) is 24.3 Å². The van der Waals surface area contributed by atoms with Gasteiger partial charge in [-0.3, -0.25) is 14.9 Å². The molecule has 3 aromatic carbocycles. The average molecular weight is 494 g/mol. The van der Waals surface area contributed by atoms with Crippen LogP contribution in [0.4, 0.5) is 30.2 Å². The van der Waals surface area contributed by atoms with Gasteiger partial charge in [0.2, 0.25) is 6.10 Å². The number of carbonyl (C=O) groups is 2. The Bertz CT molecular complexity index is 1250. The Morgan fingerprint density at radius 1 is 1.06 bits per heavy atom. The number of halogens is 4. The first-order valence-corrected chi connectivity index (χ1v) is 9.82. The molecule has 0 saturated carbocycles. The summed E-state index contributed by atoms with van der Waals surface area (Å²) in [5.41, 5.74) is 3.38. The maximum absolute atomic E-state index is 13.1. The molecule has 1 amide bonds. The summed E-state index contributed by atoms with van der Waals surface area (Å²) in [4.78, 5) is 35.9. The molecule has 0 aromatic heterocycles. The van der Waals surface area contributed by atoms with Gasteiger partial charge in [-0.25, -0.2) is 4.79 Å². The maximum atomic E-state index is 13.1. The number of anilines is 2. The minimum Gasteiger partial charge on any atom is -0.444 e. The van der Waals surface area contributed by atoms with Crippen LogP contribution in [0.2, 0.25) is 5.02 Å². The number of esters is 1. The third kappa shape index (κ3) is 5.62. The highest BCUT2D eigenvalue weighted by Gasteiger charge is 2.34. The topological polar surface area (TPSA) is 125 Å². The molecule has 0 saturated heterocycles. The number of benzene rings is 3. The number of alkyl halides is 3. The molecular weight excluding hydrogens is 479 g/mol. The predicted molar refractivity (Wildman–Crippen MR) is 117 cm³/mol. The fraction of sp³-hybridized carbons (Fsp3) is 0.0909. The SMILES string of the molecule is Nc1ccc(C(=O)O[C@@H](C(=O)Nc2ccc(Cl)c(C(F)(F)F)c2)c2ccccc2)cc1[N+](=O)[O-]. The normalized spacial score (nSPS) is 12.0. The van der Waals surface area contributed by atoms with Crippen LogP contribution in [0.5, 0.6) is 0 Å². The van der Waals surface area contributed by atoms with Crippen molar-refractivity contribution in [1.82, 2.24) is 0 Å². The first kappa shape index (κ1) is 24.5. The highest BCUT2D eigenvalue weighted by Crippen LogP contribution is 2.36. The van der Waals surface area contributed by atoms with E-state index in [2.05, 4.69) is 5.32 Å². The van der Waals surface area contributed by atoms with Gasteiger partial charge in [0.1, 0.15) is 5.69 Å². The Kier molecular flexibility index (Phi) is 7.06. The largest absolute Gasteiger partial charge is 0.444 e. The van der Waals surface area contributed by atoms with Crippen molar-refractivity contribution in [3.8, 4) is 0 Å². The van der Waals surface area contributed by atoms with Gasteiger partial charge in [-0.05, 0) is 30.3 Å². The molecule has 3 aromatic rings. The van der Waals surface area contributed by atoms with E-state index in [-0.39, 0.29) is 22.5 Å². The van der Waals surface area contributed by atoms with Gasteiger partial charge in [0.15, 0.2) is 0 Å². The molecule has 1 atom stereocenters. The summed E-state index contributed by atoms with van der Waals surface area (Å²) in [5.74, 6) is -2.04. The summed E-state index contributed by atoms with van der Waals surface area (Å²) in [6.45, 7) is 0. The van der Waals surface area contributed by atoms with Gasteiger partial charge in [0.05, 0.1) is 21.1 Å². The lowest BCUT2D eigenvalue weighted by molar-refractivity contribution is -0.383. The van der Waals surface area contributed by atoms with Crippen molar-refractivity contribution >= 4 is 40.5 Å². The second kappa shape index (κ2) is 9.79. The second-order valence-corrected chi connectivity index (χ2v) is 7.32. The van der Waals surface area contributed by atoms with E-state index in [0.29, 0.717) is 6.07 Å². The second-order valence-electron chi connectivity index (χ2n) is 6.91. The Morgan fingerprint density at radius 3 is 2.35 bits per heavy atom. The van der Waals surface area contributed by atoms with Crippen molar-refractivity contribution < 1.29 is 32.4 Å². The van der Waals surface area contributed by atoms with Crippen molar-refractivity contribution in [1.29, 1.82) is 0 Å². The van der Waals surface area contributed by atoms with Crippen LogP contribution in [-0.4, -0.2) is 16.8 Å². The number of nitro groups is 1. The van der Waals surface area contributed by atoms with Crippen LogP contribution in [0.15, 0.2) is 66.7 Å². The molecular formula is C22H15ClF3N3O5. The molecule has 0 aliphatic rings. The number of carbonyl (C=O) groups excluding carboxylic acids is 2. The lowest BCUT2D eigenvalue weighted by Gasteiger charge is -2.19. The summed E-state index contributed by atoms with van der Waals surface area (Å²) in [6, 6.07) is 13.7. The summed E-state index contributed by atoms with van der Waals surface area (Å²) >= 11 is 5.60. The third-order valence-corrected chi connectivity index (χ3v) is 4.90. The number of nitrogens with zero attached hydrogens (tertiary/aromatic N) is 1. The number of nitrogens with two attached hydrogens (primary N) is 1. The summed E-state index contributed by atoms with van der Waals surface area (Å²) in [7, 11) is 0. The fourth-order valence-electron chi connectivity index (χ4n) is 2.93. The van der Waals surface area contributed by atoms with Crippen LogP contribution in [0, 0.1) is 10.1 Å². The number of hydrogen-bond donors (Lipinski definition) is 2. The molecule has 3 N–H and O–H groups in total. The van der Waals surface area contributed by atoms with Crippen molar-refractivity contribution in [3.05, 3.63) is 98.6 Å². The number of amides is 1. The molecule has 12 heteroatoms. The zero-order valence-corrected chi connectivity index (χ0v) is 17.8. The standard InChI is InChI=1S/C22H15ClF3N3O5/c23-16-8-7-14(11-15(16)22(24,25)26)28-20(30)19(12-4-2-1-3-5-12)34-21(31)13-6-9-17(27)18(10-13)29(32)33/h1-11,19H,27H2,(H,28,30)/t19-/m1/s1. The summed E-state index contributed by atoms with van der Waals surface area (Å²) in [5, 5.41) is 12.8. The highest BCUT2D eigenvalue weighted by atomic mass is 35.5. The number of nitro benzene ring substituents is 1. The van der Waals surface area contributed by atoms with Crippen LogP contribution < -0.4 is 11.1 Å². The number of rotatable bonds is 6. The smallest absolute Gasteiger partial charge is 0.417 e. The molecule has 176 valence electrons. The zero-order chi connectivity index (χ0) is 25.0. The third-order valence-electron chi connectivity index (χ3n) is 4.57. The van der Waals surface area contributed by atoms with Gasteiger partial charge in [-0.15, -0.1) is 0 Å². The summed E-state index contributed by atoms with van der Waals surface area (Å²) in [6.07, 6.45) is -6.34. The lowest BCUT2D eigenvalue weighted by atomic mass is 10.1. The molecule has 0 fully saturated rings.